The second kappa shape index (κ2) is 4.61. The molecule has 1 fully saturated rings. The summed E-state index contributed by atoms with van der Waals surface area (Å²) in [7, 11) is 6.94. The lowest BCUT2D eigenvalue weighted by Gasteiger charge is -2.07. The van der Waals surface area contributed by atoms with Gasteiger partial charge in [0.05, 0.1) is 12.7 Å². The summed E-state index contributed by atoms with van der Waals surface area (Å²) in [6, 6.07) is 4.79. The largest absolute Gasteiger partial charge is 0.465 e. The summed E-state index contributed by atoms with van der Waals surface area (Å²) in [4.78, 5) is 23.2. The van der Waals surface area contributed by atoms with Crippen LogP contribution in [0.5, 0.6) is 0 Å². The zero-order valence-corrected chi connectivity index (χ0v) is 9.53. The lowest BCUT2D eigenvalue weighted by Crippen LogP contribution is -2.27. The summed E-state index contributed by atoms with van der Waals surface area (Å²) in [6.45, 7) is 0. The van der Waals surface area contributed by atoms with Gasteiger partial charge in [0.1, 0.15) is 7.85 Å². The molecule has 1 saturated carbocycles. The number of esters is 1. The van der Waals surface area contributed by atoms with E-state index in [1.165, 1.54) is 19.2 Å². The summed E-state index contributed by atoms with van der Waals surface area (Å²) in [5.41, 5.74) is 1.04. The summed E-state index contributed by atoms with van der Waals surface area (Å²) in [5.74, 6) is -0.706. The van der Waals surface area contributed by atoms with Gasteiger partial charge in [0.25, 0.3) is 5.91 Å². The van der Waals surface area contributed by atoms with Gasteiger partial charge in [0.15, 0.2) is 0 Å². The van der Waals surface area contributed by atoms with Crippen LogP contribution < -0.4 is 10.8 Å². The highest BCUT2D eigenvalue weighted by Gasteiger charge is 2.24. The highest BCUT2D eigenvalue weighted by Crippen LogP contribution is 2.19. The Morgan fingerprint density at radius 2 is 1.94 bits per heavy atom. The minimum absolute atomic E-state index is 0.204. The zero-order chi connectivity index (χ0) is 12.4. The van der Waals surface area contributed by atoms with Crippen molar-refractivity contribution in [1.29, 1.82) is 0 Å². The predicted molar refractivity (Wildman–Crippen MR) is 63.7 cm³/mol. The third-order valence-corrected chi connectivity index (χ3v) is 2.55. The lowest BCUT2D eigenvalue weighted by atomic mass is 9.92. The van der Waals surface area contributed by atoms with Gasteiger partial charge in [-0.1, -0.05) is 17.6 Å². The number of methoxy groups -OCH3 is 1. The number of carbonyl (C=O) groups excluding carboxylic acids is 2. The topological polar surface area (TPSA) is 55.4 Å². The summed E-state index contributed by atoms with van der Waals surface area (Å²) < 4.78 is 4.59. The van der Waals surface area contributed by atoms with Gasteiger partial charge in [-0.25, -0.2) is 4.79 Å². The molecule has 17 heavy (non-hydrogen) atoms. The summed E-state index contributed by atoms with van der Waals surface area (Å²) in [5, 5.41) is 2.83. The molecule has 0 heterocycles. The predicted octanol–water partition coefficient (Wildman–Crippen LogP) is 0.159. The van der Waals surface area contributed by atoms with Crippen LogP contribution >= 0.6 is 0 Å². The molecule has 0 atom stereocenters. The molecule has 1 aromatic rings. The van der Waals surface area contributed by atoms with Crippen molar-refractivity contribution in [1.82, 2.24) is 5.32 Å². The first-order chi connectivity index (χ1) is 8.10. The first-order valence-electron chi connectivity index (χ1n) is 5.40. The van der Waals surface area contributed by atoms with Crippen molar-refractivity contribution in [2.45, 2.75) is 18.9 Å². The van der Waals surface area contributed by atoms with E-state index in [2.05, 4.69) is 10.1 Å². The number of rotatable bonds is 3. The molecule has 5 heteroatoms. The van der Waals surface area contributed by atoms with Gasteiger partial charge in [-0.2, -0.15) is 0 Å². The van der Waals surface area contributed by atoms with Crippen LogP contribution in [0.25, 0.3) is 0 Å². The molecular weight excluding hydrogens is 217 g/mol. The summed E-state index contributed by atoms with van der Waals surface area (Å²) in [6.07, 6.45) is 2.02. The van der Waals surface area contributed by atoms with E-state index >= 15 is 0 Å². The van der Waals surface area contributed by atoms with Crippen molar-refractivity contribution in [3.63, 3.8) is 0 Å². The highest BCUT2D eigenvalue weighted by molar-refractivity contribution is 6.33. The molecule has 86 valence electrons. The average molecular weight is 229 g/mol. The minimum atomic E-state index is -0.502. The number of hydrogen-bond donors (Lipinski definition) is 1. The van der Waals surface area contributed by atoms with E-state index in [4.69, 9.17) is 7.85 Å². The Morgan fingerprint density at radius 3 is 2.53 bits per heavy atom. The van der Waals surface area contributed by atoms with Crippen LogP contribution in [0.2, 0.25) is 0 Å². The molecule has 1 amide bonds. The molecule has 0 aliphatic heterocycles. The normalized spacial score (nSPS) is 14.2. The quantitative estimate of drug-likeness (QED) is 0.593. The van der Waals surface area contributed by atoms with Gasteiger partial charge < -0.3 is 10.1 Å². The Morgan fingerprint density at radius 1 is 1.29 bits per heavy atom. The SMILES string of the molecule is [B]c1cc(C(=O)NC2CC2)cc(C(=O)OC)c1. The Kier molecular flexibility index (Phi) is 3.18. The lowest BCUT2D eigenvalue weighted by molar-refractivity contribution is 0.0601. The second-order valence-electron chi connectivity index (χ2n) is 4.08. The van der Waals surface area contributed by atoms with Crippen LogP contribution in [0.15, 0.2) is 18.2 Å². The molecule has 0 aromatic heterocycles. The molecule has 0 saturated heterocycles. The van der Waals surface area contributed by atoms with E-state index < -0.39 is 5.97 Å². The van der Waals surface area contributed by atoms with Crippen molar-refractivity contribution in [2.75, 3.05) is 7.11 Å². The number of carbonyl (C=O) groups is 2. The van der Waals surface area contributed by atoms with Gasteiger partial charge in [-0.3, -0.25) is 4.79 Å². The molecule has 0 bridgehead atoms. The first-order valence-corrected chi connectivity index (χ1v) is 5.40. The summed E-state index contributed by atoms with van der Waals surface area (Å²) >= 11 is 0. The van der Waals surface area contributed by atoms with Crippen molar-refractivity contribution in [2.24, 2.45) is 0 Å². The van der Waals surface area contributed by atoms with Crippen LogP contribution in [-0.2, 0) is 4.74 Å². The average Bonchev–Trinajstić information content (AvgIpc) is 3.11. The number of benzene rings is 1. The van der Waals surface area contributed by atoms with E-state index in [1.54, 1.807) is 6.07 Å². The van der Waals surface area contributed by atoms with E-state index in [1.807, 2.05) is 0 Å². The second-order valence-corrected chi connectivity index (χ2v) is 4.08. The van der Waals surface area contributed by atoms with Gasteiger partial charge in [-0.15, -0.1) is 0 Å². The van der Waals surface area contributed by atoms with E-state index in [0.29, 0.717) is 11.0 Å². The molecular formula is C12H12BNO3. The molecule has 1 aliphatic rings. The third-order valence-electron chi connectivity index (χ3n) is 2.55. The molecule has 1 N–H and O–H groups in total. The maximum Gasteiger partial charge on any atom is 0.337 e. The molecule has 2 radical (unpaired) electrons. The van der Waals surface area contributed by atoms with Crippen LogP contribution in [0.4, 0.5) is 0 Å². The van der Waals surface area contributed by atoms with Crippen molar-refractivity contribution < 1.29 is 14.3 Å². The Balaban J connectivity index is 2.23. The van der Waals surface area contributed by atoms with Gasteiger partial charge in [0.2, 0.25) is 0 Å². The number of amides is 1. The molecule has 2 rings (SSSR count). The zero-order valence-electron chi connectivity index (χ0n) is 9.53. The van der Waals surface area contributed by atoms with Crippen molar-refractivity contribution in [3.05, 3.63) is 29.3 Å². The number of hydrogen-bond acceptors (Lipinski definition) is 3. The fourth-order valence-electron chi connectivity index (χ4n) is 1.51. The highest BCUT2D eigenvalue weighted by atomic mass is 16.5. The fraction of sp³-hybridized carbons (Fsp3) is 0.333. The minimum Gasteiger partial charge on any atom is -0.465 e. The van der Waals surface area contributed by atoms with Gasteiger partial charge >= 0.3 is 5.97 Å². The number of nitrogens with one attached hydrogen (secondary N) is 1. The fourth-order valence-corrected chi connectivity index (χ4v) is 1.51. The maximum absolute atomic E-state index is 11.8. The smallest absolute Gasteiger partial charge is 0.337 e. The van der Waals surface area contributed by atoms with E-state index in [-0.39, 0.29) is 17.5 Å². The van der Waals surface area contributed by atoms with Crippen LogP contribution in [-0.4, -0.2) is 32.9 Å². The first kappa shape index (κ1) is 11.7. The molecule has 4 nitrogen and oxygen atoms in total. The third kappa shape index (κ3) is 2.87. The Labute approximate surface area is 101 Å². The number of ether oxygens (including phenoxy) is 1. The van der Waals surface area contributed by atoms with Gasteiger partial charge in [-0.05, 0) is 18.9 Å². The maximum atomic E-state index is 11.8. The molecule has 0 unspecified atom stereocenters. The molecule has 1 aromatic carbocycles. The molecule has 0 spiro atoms. The Bertz CT molecular complexity index is 469. The standard InChI is InChI=1S/C12H12BNO3/c1-17-12(16)8-4-7(5-9(13)6-8)11(15)14-10-2-3-10/h4-6,10H,2-3H2,1H3,(H,14,15). The molecule has 1 aliphatic carbocycles. The van der Waals surface area contributed by atoms with E-state index in [9.17, 15) is 9.59 Å². The van der Waals surface area contributed by atoms with Crippen molar-refractivity contribution in [3.8, 4) is 0 Å². The van der Waals surface area contributed by atoms with Crippen LogP contribution in [0.3, 0.4) is 0 Å². The van der Waals surface area contributed by atoms with Crippen LogP contribution in [0.1, 0.15) is 33.6 Å². The van der Waals surface area contributed by atoms with E-state index in [0.717, 1.165) is 12.8 Å². The van der Waals surface area contributed by atoms with Crippen LogP contribution in [0, 0.1) is 0 Å². The monoisotopic (exact) mass is 229 g/mol. The van der Waals surface area contributed by atoms with Gasteiger partial charge in [0, 0.05) is 11.6 Å². The van der Waals surface area contributed by atoms with Crippen molar-refractivity contribution >= 4 is 25.2 Å². The Hall–Kier alpha value is -1.78.